The van der Waals surface area contributed by atoms with E-state index in [1.165, 1.54) is 0 Å². The van der Waals surface area contributed by atoms with Gasteiger partial charge in [0.2, 0.25) is 0 Å². The summed E-state index contributed by atoms with van der Waals surface area (Å²) >= 11 is 0. The Kier molecular flexibility index (Phi) is 12.9. The summed E-state index contributed by atoms with van der Waals surface area (Å²) in [4.78, 5) is 4.52. The van der Waals surface area contributed by atoms with Gasteiger partial charge in [0.05, 0.1) is 6.61 Å². The first kappa shape index (κ1) is 24.2. The third-order valence-electron chi connectivity index (χ3n) is 3.19. The van der Waals surface area contributed by atoms with Gasteiger partial charge in [-0.2, -0.15) is 0 Å². The number of para-hydroxylation sites is 1. The minimum atomic E-state index is -0.853. The van der Waals surface area contributed by atoms with E-state index in [-0.39, 0.29) is 28.7 Å². The van der Waals surface area contributed by atoms with Crippen LogP contribution < -0.4 is 15.4 Å². The molecule has 0 aliphatic carbocycles. The van der Waals surface area contributed by atoms with Crippen LogP contribution in [0.2, 0.25) is 0 Å². The van der Waals surface area contributed by atoms with Crippen LogP contribution >= 0.6 is 24.0 Å². The highest BCUT2D eigenvalue weighted by Gasteiger charge is 2.18. The number of hydrogen-bond acceptors (Lipinski definition) is 3. The molecule has 0 heterocycles. The van der Waals surface area contributed by atoms with Crippen LogP contribution in [-0.4, -0.2) is 46.9 Å². The second-order valence-corrected chi connectivity index (χ2v) is 8.69. The number of guanidine groups is 1. The smallest absolute Gasteiger partial charge is 0.191 e. The minimum Gasteiger partial charge on any atom is -0.494 e. The second kappa shape index (κ2) is 13.4. The lowest BCUT2D eigenvalue weighted by molar-refractivity contribution is 0.313. The third-order valence-corrected chi connectivity index (χ3v) is 5.13. The molecule has 0 saturated carbocycles. The molecule has 1 unspecified atom stereocenters. The van der Waals surface area contributed by atoms with Crippen LogP contribution in [-0.2, 0) is 10.8 Å². The number of ether oxygens (including phenoxy) is 1. The van der Waals surface area contributed by atoms with Crippen LogP contribution in [0.3, 0.4) is 0 Å². The molecule has 1 aromatic rings. The second-order valence-electron chi connectivity index (χ2n) is 6.36. The highest BCUT2D eigenvalue weighted by Crippen LogP contribution is 2.10. The van der Waals surface area contributed by atoms with Crippen molar-refractivity contribution in [3.05, 3.63) is 30.3 Å². The molecule has 1 rings (SSSR count). The number of nitrogens with one attached hydrogen (secondary N) is 2. The van der Waals surface area contributed by atoms with Gasteiger partial charge in [-0.3, -0.25) is 9.20 Å². The van der Waals surface area contributed by atoms with Crippen molar-refractivity contribution >= 4 is 40.7 Å². The highest BCUT2D eigenvalue weighted by atomic mass is 127. The van der Waals surface area contributed by atoms with E-state index < -0.39 is 10.8 Å². The van der Waals surface area contributed by atoms with Crippen LogP contribution in [0.15, 0.2) is 35.3 Å². The molecular formula is C18H32IN3O2S. The molecule has 0 bridgehead atoms. The molecule has 144 valence electrons. The maximum Gasteiger partial charge on any atom is 0.191 e. The van der Waals surface area contributed by atoms with Gasteiger partial charge in [-0.05, 0) is 39.8 Å². The van der Waals surface area contributed by atoms with Crippen molar-refractivity contribution in [3.63, 3.8) is 0 Å². The Bertz CT molecular complexity index is 519. The zero-order valence-corrected chi connectivity index (χ0v) is 18.9. The summed E-state index contributed by atoms with van der Waals surface area (Å²) in [5, 5.41) is 6.44. The number of hydrogen-bond donors (Lipinski definition) is 2. The Morgan fingerprint density at radius 3 is 2.48 bits per heavy atom. The van der Waals surface area contributed by atoms with Gasteiger partial charge in [-0.15, -0.1) is 24.0 Å². The molecule has 2 N–H and O–H groups in total. The fraction of sp³-hybridized carbons (Fsp3) is 0.611. The van der Waals surface area contributed by atoms with Gasteiger partial charge in [0.25, 0.3) is 0 Å². The Labute approximate surface area is 171 Å². The van der Waals surface area contributed by atoms with Crippen LogP contribution in [0.5, 0.6) is 5.75 Å². The van der Waals surface area contributed by atoms with Gasteiger partial charge >= 0.3 is 0 Å². The van der Waals surface area contributed by atoms with Gasteiger partial charge in [0.1, 0.15) is 5.75 Å². The van der Waals surface area contributed by atoms with Gasteiger partial charge in [-0.1, -0.05) is 18.2 Å². The average Bonchev–Trinajstić information content (AvgIpc) is 2.54. The molecule has 1 aromatic carbocycles. The summed E-state index contributed by atoms with van der Waals surface area (Å²) < 4.78 is 17.5. The lowest BCUT2D eigenvalue weighted by Gasteiger charge is -2.18. The first-order valence-electron chi connectivity index (χ1n) is 8.52. The molecule has 0 spiro atoms. The molecule has 0 saturated heterocycles. The SMILES string of the molecule is CCNC(=NCCCOc1ccccc1)NCCS(=O)C(C)(C)C.I. The number of benzene rings is 1. The predicted molar refractivity (Wildman–Crippen MR) is 119 cm³/mol. The summed E-state index contributed by atoms with van der Waals surface area (Å²) in [6, 6.07) is 9.79. The predicted octanol–water partition coefficient (Wildman–Crippen LogP) is 3.18. The molecule has 25 heavy (non-hydrogen) atoms. The van der Waals surface area contributed by atoms with E-state index in [2.05, 4.69) is 15.6 Å². The first-order chi connectivity index (χ1) is 11.4. The Morgan fingerprint density at radius 2 is 1.88 bits per heavy atom. The topological polar surface area (TPSA) is 62.7 Å². The molecule has 0 amide bonds. The van der Waals surface area contributed by atoms with E-state index in [1.807, 2.05) is 58.0 Å². The van der Waals surface area contributed by atoms with Crippen molar-refractivity contribution in [1.82, 2.24) is 10.6 Å². The summed E-state index contributed by atoms with van der Waals surface area (Å²) in [6.45, 7) is 10.8. The monoisotopic (exact) mass is 481 g/mol. The number of nitrogens with zero attached hydrogens (tertiary/aromatic N) is 1. The van der Waals surface area contributed by atoms with E-state index in [9.17, 15) is 4.21 Å². The molecule has 0 aliphatic heterocycles. The molecule has 0 fully saturated rings. The molecule has 0 aromatic heterocycles. The van der Waals surface area contributed by atoms with Crippen molar-refractivity contribution in [2.45, 2.75) is 38.9 Å². The highest BCUT2D eigenvalue weighted by molar-refractivity contribution is 14.0. The molecule has 5 nitrogen and oxygen atoms in total. The van der Waals surface area contributed by atoms with Crippen molar-refractivity contribution < 1.29 is 8.95 Å². The average molecular weight is 481 g/mol. The zero-order valence-electron chi connectivity index (χ0n) is 15.7. The first-order valence-corrected chi connectivity index (χ1v) is 9.84. The van der Waals surface area contributed by atoms with Crippen molar-refractivity contribution in [1.29, 1.82) is 0 Å². The van der Waals surface area contributed by atoms with Crippen LogP contribution in [0.25, 0.3) is 0 Å². The van der Waals surface area contributed by atoms with Crippen molar-refractivity contribution in [3.8, 4) is 5.75 Å². The largest absolute Gasteiger partial charge is 0.494 e. The standard InChI is InChI=1S/C18H31N3O2S.HI/c1-5-19-17(21-13-15-24(22)18(2,3)4)20-12-9-14-23-16-10-7-6-8-11-16;/h6-8,10-11H,5,9,12-15H2,1-4H3,(H2,19,20,21);1H. The number of rotatable bonds is 9. The Hall–Kier alpha value is -0.830. The van der Waals surface area contributed by atoms with E-state index in [0.29, 0.717) is 25.4 Å². The van der Waals surface area contributed by atoms with Crippen LogP contribution in [0.4, 0.5) is 0 Å². The van der Waals surface area contributed by atoms with Crippen LogP contribution in [0, 0.1) is 0 Å². The molecule has 7 heteroatoms. The Morgan fingerprint density at radius 1 is 1.20 bits per heavy atom. The van der Waals surface area contributed by atoms with Gasteiger partial charge < -0.3 is 15.4 Å². The molecule has 0 aliphatic rings. The maximum absolute atomic E-state index is 12.0. The molecule has 1 atom stereocenters. The fourth-order valence-electron chi connectivity index (χ4n) is 1.87. The van der Waals surface area contributed by atoms with Gasteiger partial charge in [0.15, 0.2) is 5.96 Å². The normalized spacial score (nSPS) is 12.9. The quantitative estimate of drug-likeness (QED) is 0.246. The maximum atomic E-state index is 12.0. The van der Waals surface area contributed by atoms with Gasteiger partial charge in [-0.25, -0.2) is 0 Å². The fourth-order valence-corrected chi connectivity index (χ4v) is 2.77. The summed E-state index contributed by atoms with van der Waals surface area (Å²) in [5.41, 5.74) is 0. The van der Waals surface area contributed by atoms with E-state index >= 15 is 0 Å². The van der Waals surface area contributed by atoms with Crippen molar-refractivity contribution in [2.24, 2.45) is 4.99 Å². The Balaban J connectivity index is 0.00000576. The van der Waals surface area contributed by atoms with E-state index in [0.717, 1.165) is 24.7 Å². The van der Waals surface area contributed by atoms with Crippen LogP contribution in [0.1, 0.15) is 34.1 Å². The minimum absolute atomic E-state index is 0. The zero-order chi connectivity index (χ0) is 17.8. The lowest BCUT2D eigenvalue weighted by atomic mass is 10.3. The molecular weight excluding hydrogens is 449 g/mol. The summed E-state index contributed by atoms with van der Waals surface area (Å²) in [5.74, 6) is 2.27. The van der Waals surface area contributed by atoms with E-state index in [1.54, 1.807) is 0 Å². The van der Waals surface area contributed by atoms with E-state index in [4.69, 9.17) is 4.74 Å². The number of halogens is 1. The van der Waals surface area contributed by atoms with Crippen molar-refractivity contribution in [2.75, 3.05) is 32.0 Å². The van der Waals surface area contributed by atoms with Gasteiger partial charge in [0, 0.05) is 47.4 Å². The third kappa shape index (κ3) is 11.4. The lowest BCUT2D eigenvalue weighted by Crippen LogP contribution is -2.40. The summed E-state index contributed by atoms with van der Waals surface area (Å²) in [7, 11) is -0.853. The number of aliphatic imine (C=N–C) groups is 1. The summed E-state index contributed by atoms with van der Waals surface area (Å²) in [6.07, 6.45) is 0.847. The molecule has 0 radical (unpaired) electrons.